The maximum atomic E-state index is 7.50. The van der Waals surface area contributed by atoms with Gasteiger partial charge in [0, 0.05) is 17.3 Å². The van der Waals surface area contributed by atoms with Crippen molar-refractivity contribution in [2.45, 2.75) is 34.6 Å². The Morgan fingerprint density at radius 1 is 0.833 bits per heavy atom. The highest BCUT2D eigenvalue weighted by molar-refractivity contribution is 6.00. The number of hydrogen-bond acceptors (Lipinski definition) is 2. The third-order valence-corrected chi connectivity index (χ3v) is 4.68. The number of aromatic nitrogens is 1. The lowest BCUT2D eigenvalue weighted by atomic mass is 10.0. The van der Waals surface area contributed by atoms with Crippen molar-refractivity contribution in [1.29, 1.82) is 0 Å². The molecular weight excluding hydrogens is 294 g/mol. The molecular formula is C21H21N3. The Balaban J connectivity index is 2.23. The molecule has 0 aliphatic rings. The van der Waals surface area contributed by atoms with Gasteiger partial charge in [0.1, 0.15) is 0 Å². The van der Waals surface area contributed by atoms with E-state index >= 15 is 0 Å². The minimum atomic E-state index is 0.545. The van der Waals surface area contributed by atoms with Gasteiger partial charge in [0.05, 0.1) is 17.8 Å². The van der Waals surface area contributed by atoms with E-state index in [2.05, 4.69) is 74.0 Å². The van der Waals surface area contributed by atoms with Crippen LogP contribution in [0.25, 0.3) is 15.7 Å². The molecule has 3 aromatic rings. The van der Waals surface area contributed by atoms with Gasteiger partial charge in [-0.2, -0.15) is 0 Å². The first-order valence-corrected chi connectivity index (χ1v) is 8.03. The van der Waals surface area contributed by atoms with Crippen LogP contribution < -0.4 is 5.32 Å². The van der Waals surface area contributed by atoms with Gasteiger partial charge < -0.3 is 5.32 Å². The smallest absolute Gasteiger partial charge is 0.228 e. The summed E-state index contributed by atoms with van der Waals surface area (Å²) in [6, 6.07) is 8.52. The number of nitrogens with one attached hydrogen (secondary N) is 1. The molecule has 120 valence electrons. The van der Waals surface area contributed by atoms with Crippen LogP contribution in [0, 0.1) is 41.2 Å². The van der Waals surface area contributed by atoms with Gasteiger partial charge in [-0.25, -0.2) is 4.85 Å². The minimum Gasteiger partial charge on any atom is -0.364 e. The molecule has 0 spiro atoms. The second-order valence-corrected chi connectivity index (χ2v) is 6.46. The molecule has 0 aliphatic carbocycles. The van der Waals surface area contributed by atoms with Crippen LogP contribution in [0.4, 0.5) is 17.1 Å². The molecule has 0 fully saturated rings. The molecule has 1 heterocycles. The Bertz CT molecular complexity index is 994. The van der Waals surface area contributed by atoms with E-state index in [1.807, 2.05) is 0 Å². The highest BCUT2D eigenvalue weighted by Gasteiger charge is 2.12. The molecule has 2 aromatic carbocycles. The summed E-state index contributed by atoms with van der Waals surface area (Å²) in [5.41, 5.74) is 9.41. The van der Waals surface area contributed by atoms with E-state index in [1.54, 1.807) is 6.20 Å². The number of benzene rings is 2. The molecule has 3 heteroatoms. The largest absolute Gasteiger partial charge is 0.364 e. The summed E-state index contributed by atoms with van der Waals surface area (Å²) in [6.45, 7) is 18.0. The third kappa shape index (κ3) is 2.72. The highest BCUT2D eigenvalue weighted by Crippen LogP contribution is 2.36. The lowest BCUT2D eigenvalue weighted by molar-refractivity contribution is 1.29. The molecule has 0 saturated heterocycles. The van der Waals surface area contributed by atoms with Crippen molar-refractivity contribution in [3.8, 4) is 0 Å². The minimum absolute atomic E-state index is 0.545. The monoisotopic (exact) mass is 315 g/mol. The van der Waals surface area contributed by atoms with Gasteiger partial charge in [-0.3, -0.25) is 4.98 Å². The van der Waals surface area contributed by atoms with Crippen LogP contribution in [-0.2, 0) is 0 Å². The summed E-state index contributed by atoms with van der Waals surface area (Å²) < 4.78 is 0. The van der Waals surface area contributed by atoms with Crippen LogP contribution in [0.3, 0.4) is 0 Å². The first-order valence-electron chi connectivity index (χ1n) is 8.03. The van der Waals surface area contributed by atoms with Crippen molar-refractivity contribution in [3.05, 3.63) is 69.7 Å². The molecule has 24 heavy (non-hydrogen) atoms. The molecule has 3 rings (SSSR count). The van der Waals surface area contributed by atoms with Crippen molar-refractivity contribution in [1.82, 2.24) is 4.98 Å². The average Bonchev–Trinajstić information content (AvgIpc) is 2.54. The molecule has 0 amide bonds. The van der Waals surface area contributed by atoms with Crippen LogP contribution in [0.1, 0.15) is 27.8 Å². The van der Waals surface area contributed by atoms with Crippen molar-refractivity contribution in [2.24, 2.45) is 0 Å². The predicted molar refractivity (Wildman–Crippen MR) is 101 cm³/mol. The Hall–Kier alpha value is -2.86. The molecule has 1 N–H and O–H groups in total. The Morgan fingerprint density at radius 2 is 1.46 bits per heavy atom. The van der Waals surface area contributed by atoms with Crippen LogP contribution in [-0.4, -0.2) is 4.98 Å². The summed E-state index contributed by atoms with van der Waals surface area (Å²) in [6.07, 6.45) is 1.66. The first-order chi connectivity index (χ1) is 11.4. The van der Waals surface area contributed by atoms with Crippen LogP contribution in [0.5, 0.6) is 0 Å². The van der Waals surface area contributed by atoms with Crippen LogP contribution in [0.15, 0.2) is 30.5 Å². The number of pyridine rings is 1. The number of rotatable bonds is 2. The summed E-state index contributed by atoms with van der Waals surface area (Å²) in [7, 11) is 0. The fourth-order valence-corrected chi connectivity index (χ4v) is 2.89. The predicted octanol–water partition coefficient (Wildman–Crippen LogP) is 6.07. The zero-order chi connectivity index (χ0) is 17.4. The second-order valence-electron chi connectivity index (χ2n) is 6.46. The third-order valence-electron chi connectivity index (χ3n) is 4.68. The Kier molecular flexibility index (Phi) is 3.99. The molecule has 1 aromatic heterocycles. The Labute approximate surface area is 143 Å². The van der Waals surface area contributed by atoms with E-state index in [0.717, 1.165) is 22.3 Å². The van der Waals surface area contributed by atoms with E-state index in [9.17, 15) is 0 Å². The second kappa shape index (κ2) is 5.98. The normalized spacial score (nSPS) is 10.7. The molecule has 0 bridgehead atoms. The fraction of sp³-hybridized carbons (Fsp3) is 0.238. The van der Waals surface area contributed by atoms with Gasteiger partial charge >= 0.3 is 0 Å². The van der Waals surface area contributed by atoms with Crippen molar-refractivity contribution < 1.29 is 0 Å². The first kappa shape index (κ1) is 16.0. The lowest BCUT2D eigenvalue weighted by Gasteiger charge is -2.16. The number of fused-ring (bicyclic) bond motifs is 1. The quantitative estimate of drug-likeness (QED) is 0.581. The molecule has 3 nitrogen and oxygen atoms in total. The van der Waals surface area contributed by atoms with Gasteiger partial charge in [0.15, 0.2) is 0 Å². The van der Waals surface area contributed by atoms with Gasteiger partial charge in [0.2, 0.25) is 5.69 Å². The van der Waals surface area contributed by atoms with Crippen LogP contribution >= 0.6 is 0 Å². The average molecular weight is 315 g/mol. The summed E-state index contributed by atoms with van der Waals surface area (Å²) in [5, 5.41) is 4.49. The van der Waals surface area contributed by atoms with Crippen molar-refractivity contribution in [3.63, 3.8) is 0 Å². The maximum Gasteiger partial charge on any atom is 0.228 e. The van der Waals surface area contributed by atoms with Gasteiger partial charge in [-0.05, 0) is 80.6 Å². The lowest BCUT2D eigenvalue weighted by Crippen LogP contribution is -1.98. The standard InChI is InChI=1S/C21H21N3/c1-12-7-16(5)18(9-14(12)3)24-21-17-8-13(2)15(4)10-19(17)23-11-20(21)22-6/h7-11H,1-5H3,(H,23,24). The van der Waals surface area contributed by atoms with Crippen LogP contribution in [0.2, 0.25) is 0 Å². The van der Waals surface area contributed by atoms with E-state index in [1.165, 1.54) is 27.8 Å². The Morgan fingerprint density at radius 3 is 2.17 bits per heavy atom. The van der Waals surface area contributed by atoms with E-state index < -0.39 is 0 Å². The zero-order valence-electron chi connectivity index (χ0n) is 14.8. The van der Waals surface area contributed by atoms with Crippen molar-refractivity contribution in [2.75, 3.05) is 5.32 Å². The molecule has 0 unspecified atom stereocenters. The number of aryl methyl sites for hydroxylation is 5. The molecule has 0 aliphatic heterocycles. The van der Waals surface area contributed by atoms with E-state index in [-0.39, 0.29) is 0 Å². The van der Waals surface area contributed by atoms with Gasteiger partial charge in [-0.1, -0.05) is 6.07 Å². The molecule has 0 atom stereocenters. The highest BCUT2D eigenvalue weighted by atomic mass is 14.9. The number of nitrogens with zero attached hydrogens (tertiary/aromatic N) is 2. The van der Waals surface area contributed by atoms with Crippen molar-refractivity contribution >= 4 is 28.0 Å². The van der Waals surface area contributed by atoms with E-state index in [0.29, 0.717) is 5.69 Å². The zero-order valence-corrected chi connectivity index (χ0v) is 14.8. The molecule has 0 saturated carbocycles. The summed E-state index contributed by atoms with van der Waals surface area (Å²) in [5.74, 6) is 0. The van der Waals surface area contributed by atoms with E-state index in [4.69, 9.17) is 6.57 Å². The topological polar surface area (TPSA) is 29.3 Å². The van der Waals surface area contributed by atoms with Gasteiger partial charge in [0.25, 0.3) is 0 Å². The SMILES string of the molecule is [C-]#[N+]c1cnc2cc(C)c(C)cc2c1Nc1cc(C)c(C)cc1C. The fourth-order valence-electron chi connectivity index (χ4n) is 2.89. The summed E-state index contributed by atoms with van der Waals surface area (Å²) >= 11 is 0. The maximum absolute atomic E-state index is 7.50. The summed E-state index contributed by atoms with van der Waals surface area (Å²) in [4.78, 5) is 8.12. The number of hydrogen-bond donors (Lipinski definition) is 1. The number of anilines is 2. The molecule has 0 radical (unpaired) electrons. The van der Waals surface area contributed by atoms with Gasteiger partial charge in [-0.15, -0.1) is 0 Å².